The highest BCUT2D eigenvalue weighted by Crippen LogP contribution is 2.24. The van der Waals surface area contributed by atoms with Gasteiger partial charge in [0.1, 0.15) is 5.75 Å². The summed E-state index contributed by atoms with van der Waals surface area (Å²) in [5.74, 6) is 0.966. The third-order valence-electron chi connectivity index (χ3n) is 5.75. The maximum absolute atomic E-state index is 12.2. The van der Waals surface area contributed by atoms with Gasteiger partial charge in [0.25, 0.3) is 0 Å². The summed E-state index contributed by atoms with van der Waals surface area (Å²) in [6.07, 6.45) is 10.4. The summed E-state index contributed by atoms with van der Waals surface area (Å²) < 4.78 is 6.06. The van der Waals surface area contributed by atoms with Crippen molar-refractivity contribution < 1.29 is 14.3 Å². The van der Waals surface area contributed by atoms with Crippen LogP contribution in [0.15, 0.2) is 24.3 Å². The molecule has 2 aliphatic carbocycles. The van der Waals surface area contributed by atoms with Crippen molar-refractivity contribution in [2.24, 2.45) is 0 Å². The highest BCUT2D eigenvalue weighted by Gasteiger charge is 2.24. The molecule has 0 aliphatic heterocycles. The van der Waals surface area contributed by atoms with Crippen LogP contribution < -0.4 is 15.4 Å². The zero-order chi connectivity index (χ0) is 19.1. The summed E-state index contributed by atoms with van der Waals surface area (Å²) >= 11 is 0. The number of ether oxygens (including phenoxy) is 1. The summed E-state index contributed by atoms with van der Waals surface area (Å²) in [5.41, 5.74) is 0.738. The predicted octanol–water partition coefficient (Wildman–Crippen LogP) is 4.60. The third-order valence-corrected chi connectivity index (χ3v) is 5.75. The first-order valence-corrected chi connectivity index (χ1v) is 10.5. The third kappa shape index (κ3) is 5.98. The van der Waals surface area contributed by atoms with E-state index in [4.69, 9.17) is 4.74 Å². The van der Waals surface area contributed by atoms with Gasteiger partial charge in [0.15, 0.2) is 5.78 Å². The minimum absolute atomic E-state index is 0.0116. The Balaban J connectivity index is 1.38. The Kier molecular flexibility index (Phi) is 7.13. The molecule has 0 atom stereocenters. The minimum Gasteiger partial charge on any atom is -0.490 e. The Morgan fingerprint density at radius 1 is 0.889 bits per heavy atom. The first kappa shape index (κ1) is 19.7. The molecule has 2 fully saturated rings. The van der Waals surface area contributed by atoms with Crippen LogP contribution in [-0.2, 0) is 0 Å². The number of carbonyl (C=O) groups is 2. The summed E-state index contributed by atoms with van der Waals surface area (Å²) in [6.45, 7) is 1.87. The van der Waals surface area contributed by atoms with E-state index in [1.165, 1.54) is 19.3 Å². The van der Waals surface area contributed by atoms with Crippen LogP contribution >= 0.6 is 0 Å². The minimum atomic E-state index is -0.0116. The molecule has 2 saturated carbocycles. The van der Waals surface area contributed by atoms with E-state index < -0.39 is 0 Å². The number of hydrogen-bond donors (Lipinski definition) is 2. The monoisotopic (exact) mass is 372 g/mol. The molecule has 0 aromatic heterocycles. The molecule has 27 heavy (non-hydrogen) atoms. The molecular formula is C22H32N2O3. The van der Waals surface area contributed by atoms with Crippen molar-refractivity contribution >= 4 is 11.8 Å². The van der Waals surface area contributed by atoms with E-state index in [2.05, 4.69) is 10.6 Å². The second-order valence-electron chi connectivity index (χ2n) is 7.85. The number of nitrogens with one attached hydrogen (secondary N) is 2. The Bertz CT molecular complexity index is 615. The van der Waals surface area contributed by atoms with Gasteiger partial charge in [-0.15, -0.1) is 0 Å². The quantitative estimate of drug-likeness (QED) is 0.717. The Labute approximate surface area is 162 Å². The number of Topliss-reactive ketones (excluding diaryl/α,β-unsaturated/α-hetero) is 1. The van der Waals surface area contributed by atoms with E-state index in [1.54, 1.807) is 0 Å². The van der Waals surface area contributed by atoms with Gasteiger partial charge < -0.3 is 15.4 Å². The van der Waals surface area contributed by atoms with Crippen molar-refractivity contribution in [1.29, 1.82) is 0 Å². The van der Waals surface area contributed by atoms with Crippen LogP contribution in [0, 0.1) is 0 Å². The van der Waals surface area contributed by atoms with Crippen LogP contribution in [0.25, 0.3) is 0 Å². The molecule has 2 N–H and O–H groups in total. The molecule has 148 valence electrons. The average molecular weight is 373 g/mol. The fourth-order valence-corrected chi connectivity index (χ4v) is 4.10. The molecule has 0 saturated heterocycles. The molecule has 1 aromatic rings. The molecule has 0 heterocycles. The Morgan fingerprint density at radius 2 is 1.48 bits per heavy atom. The van der Waals surface area contributed by atoms with Crippen molar-refractivity contribution in [3.8, 4) is 5.75 Å². The highest BCUT2D eigenvalue weighted by molar-refractivity contribution is 5.95. The van der Waals surface area contributed by atoms with Gasteiger partial charge >= 0.3 is 6.03 Å². The average Bonchev–Trinajstić information content (AvgIpc) is 2.70. The lowest BCUT2D eigenvalue weighted by molar-refractivity contribution is 0.0988. The number of hydrogen-bond acceptors (Lipinski definition) is 3. The van der Waals surface area contributed by atoms with E-state index >= 15 is 0 Å². The number of ketones is 1. The van der Waals surface area contributed by atoms with Gasteiger partial charge in [-0.25, -0.2) is 4.79 Å². The number of carbonyl (C=O) groups excluding carboxylic acids is 2. The zero-order valence-corrected chi connectivity index (χ0v) is 16.3. The molecule has 3 rings (SSSR count). The first-order chi connectivity index (χ1) is 13.1. The van der Waals surface area contributed by atoms with Gasteiger partial charge in [0.05, 0.1) is 6.10 Å². The molecule has 2 aliphatic rings. The van der Waals surface area contributed by atoms with Crippen LogP contribution in [-0.4, -0.2) is 30.0 Å². The topological polar surface area (TPSA) is 67.4 Å². The molecule has 1 aromatic carbocycles. The van der Waals surface area contributed by atoms with Crippen molar-refractivity contribution in [2.45, 2.75) is 89.3 Å². The molecular weight excluding hydrogens is 340 g/mol. The molecule has 5 nitrogen and oxygen atoms in total. The van der Waals surface area contributed by atoms with Gasteiger partial charge in [-0.3, -0.25) is 4.79 Å². The molecule has 0 radical (unpaired) electrons. The van der Waals surface area contributed by atoms with Crippen molar-refractivity contribution in [1.82, 2.24) is 10.6 Å². The van der Waals surface area contributed by atoms with Crippen LogP contribution in [0.4, 0.5) is 4.79 Å². The summed E-state index contributed by atoms with van der Waals surface area (Å²) in [6, 6.07) is 8.00. The summed E-state index contributed by atoms with van der Waals surface area (Å²) in [5, 5.41) is 6.26. The summed E-state index contributed by atoms with van der Waals surface area (Å²) in [7, 11) is 0. The van der Waals surface area contributed by atoms with Crippen molar-refractivity contribution in [3.63, 3.8) is 0 Å². The van der Waals surface area contributed by atoms with Crippen LogP contribution in [0.3, 0.4) is 0 Å². The van der Waals surface area contributed by atoms with Crippen molar-refractivity contribution in [2.75, 3.05) is 0 Å². The maximum Gasteiger partial charge on any atom is 0.315 e. The van der Waals surface area contributed by atoms with Gasteiger partial charge in [0, 0.05) is 24.1 Å². The summed E-state index contributed by atoms with van der Waals surface area (Å²) in [4.78, 5) is 23.9. The largest absolute Gasteiger partial charge is 0.490 e. The van der Waals surface area contributed by atoms with Gasteiger partial charge in [-0.1, -0.05) is 26.2 Å². The predicted molar refractivity (Wildman–Crippen MR) is 106 cm³/mol. The van der Waals surface area contributed by atoms with E-state index in [0.29, 0.717) is 12.5 Å². The van der Waals surface area contributed by atoms with Crippen LogP contribution in [0.5, 0.6) is 5.75 Å². The normalized spacial score (nSPS) is 23.4. The zero-order valence-electron chi connectivity index (χ0n) is 16.3. The SMILES string of the molecule is CCC(=O)c1ccc(OC2CCC(NC(=O)NC3CCCCC3)CC2)cc1. The van der Waals surface area contributed by atoms with Gasteiger partial charge in [-0.05, 0) is 62.8 Å². The standard InChI is InChI=1S/C22H32N2O3/c1-2-21(25)16-8-12-19(13-9-16)27-20-14-10-18(11-15-20)24-22(26)23-17-6-4-3-5-7-17/h8-9,12-13,17-18,20H,2-7,10-11,14-15H2,1H3,(H2,23,24,26). The second-order valence-corrected chi connectivity index (χ2v) is 7.85. The van der Waals surface area contributed by atoms with Gasteiger partial charge in [0.2, 0.25) is 0 Å². The van der Waals surface area contributed by atoms with E-state index in [0.717, 1.165) is 49.8 Å². The van der Waals surface area contributed by atoms with Crippen LogP contribution in [0.1, 0.15) is 81.5 Å². The lowest BCUT2D eigenvalue weighted by Gasteiger charge is -2.30. The van der Waals surface area contributed by atoms with Crippen molar-refractivity contribution in [3.05, 3.63) is 29.8 Å². The van der Waals surface area contributed by atoms with Gasteiger partial charge in [-0.2, -0.15) is 0 Å². The lowest BCUT2D eigenvalue weighted by Crippen LogP contribution is -2.48. The smallest absolute Gasteiger partial charge is 0.315 e. The molecule has 0 unspecified atom stereocenters. The fourth-order valence-electron chi connectivity index (χ4n) is 4.10. The van der Waals surface area contributed by atoms with E-state index in [-0.39, 0.29) is 24.0 Å². The molecule has 0 bridgehead atoms. The second kappa shape index (κ2) is 9.77. The number of rotatable bonds is 6. The van der Waals surface area contributed by atoms with E-state index in [9.17, 15) is 9.59 Å². The molecule has 0 spiro atoms. The Hall–Kier alpha value is -2.04. The Morgan fingerprint density at radius 3 is 2.07 bits per heavy atom. The number of benzene rings is 1. The number of amides is 2. The molecule has 2 amide bonds. The molecule has 5 heteroatoms. The van der Waals surface area contributed by atoms with Crippen LogP contribution in [0.2, 0.25) is 0 Å². The number of urea groups is 1. The fraction of sp³-hybridized carbons (Fsp3) is 0.636. The first-order valence-electron chi connectivity index (χ1n) is 10.5. The maximum atomic E-state index is 12.2. The van der Waals surface area contributed by atoms with E-state index in [1.807, 2.05) is 31.2 Å². The highest BCUT2D eigenvalue weighted by atomic mass is 16.5. The lowest BCUT2D eigenvalue weighted by atomic mass is 9.93.